The van der Waals surface area contributed by atoms with Gasteiger partial charge in [0.2, 0.25) is 0 Å². The van der Waals surface area contributed by atoms with Crippen molar-refractivity contribution in [3.63, 3.8) is 0 Å². The molecule has 0 spiro atoms. The summed E-state index contributed by atoms with van der Waals surface area (Å²) in [5, 5.41) is 9.72. The van der Waals surface area contributed by atoms with Gasteiger partial charge < -0.3 is 9.72 Å². The van der Waals surface area contributed by atoms with Crippen LogP contribution in [0.4, 0.5) is 0 Å². The number of rotatable bonds is 5. The van der Waals surface area contributed by atoms with Crippen LogP contribution in [0.3, 0.4) is 0 Å². The highest BCUT2D eigenvalue weighted by molar-refractivity contribution is 9.10. The van der Waals surface area contributed by atoms with Crippen molar-refractivity contribution in [2.24, 2.45) is 0 Å². The predicted molar refractivity (Wildman–Crippen MR) is 119 cm³/mol. The van der Waals surface area contributed by atoms with Gasteiger partial charge in [-0.05, 0) is 54.5 Å². The highest BCUT2D eigenvalue weighted by Gasteiger charge is 2.10. The molecule has 1 N–H and O–H groups in total. The highest BCUT2D eigenvalue weighted by Crippen LogP contribution is 2.26. The lowest BCUT2D eigenvalue weighted by atomic mass is 10.1. The Morgan fingerprint density at radius 3 is 2.72 bits per heavy atom. The summed E-state index contributed by atoms with van der Waals surface area (Å²) in [5.41, 5.74) is 5.26. The molecule has 29 heavy (non-hydrogen) atoms. The number of aryl methyl sites for hydroxylation is 1. The summed E-state index contributed by atoms with van der Waals surface area (Å²) in [6.45, 7) is 2.48. The molecule has 0 bridgehead atoms. The summed E-state index contributed by atoms with van der Waals surface area (Å²) in [6, 6.07) is 23.9. The van der Waals surface area contributed by atoms with E-state index in [-0.39, 0.29) is 0 Å². The summed E-state index contributed by atoms with van der Waals surface area (Å²) in [7, 11) is 0. The number of nitrogens with zero attached hydrogens (tertiary/aromatic N) is 2. The maximum Gasteiger partial charge on any atom is 0.149 e. The predicted octanol–water partition coefficient (Wildman–Crippen LogP) is 6.28. The molecule has 4 rings (SSSR count). The van der Waals surface area contributed by atoms with Crippen molar-refractivity contribution >= 4 is 38.6 Å². The average molecular weight is 444 g/mol. The Bertz CT molecular complexity index is 1230. The van der Waals surface area contributed by atoms with Crippen LogP contribution in [0, 0.1) is 18.3 Å². The van der Waals surface area contributed by atoms with E-state index in [2.05, 4.69) is 32.0 Å². The average Bonchev–Trinajstić information content (AvgIpc) is 3.15. The van der Waals surface area contributed by atoms with Gasteiger partial charge in [0, 0.05) is 10.0 Å². The molecule has 3 aromatic carbocycles. The molecule has 5 heteroatoms. The van der Waals surface area contributed by atoms with E-state index in [4.69, 9.17) is 4.74 Å². The number of allylic oxidation sites excluding steroid dienone is 1. The van der Waals surface area contributed by atoms with Crippen molar-refractivity contribution in [2.45, 2.75) is 13.5 Å². The third kappa shape index (κ3) is 4.39. The number of imidazole rings is 1. The highest BCUT2D eigenvalue weighted by atomic mass is 79.9. The van der Waals surface area contributed by atoms with Crippen molar-refractivity contribution in [2.75, 3.05) is 0 Å². The number of benzene rings is 3. The first-order chi connectivity index (χ1) is 14.1. The molecule has 142 valence electrons. The smallest absolute Gasteiger partial charge is 0.149 e. The molecule has 1 aromatic heterocycles. The van der Waals surface area contributed by atoms with Gasteiger partial charge in [-0.3, -0.25) is 0 Å². The van der Waals surface area contributed by atoms with Crippen LogP contribution in [0.2, 0.25) is 0 Å². The lowest BCUT2D eigenvalue weighted by molar-refractivity contribution is 0.305. The standard InChI is InChI=1S/C24H18BrN3O/c1-16-6-11-21-22(12-16)28-24(27-21)19(14-26)13-18-4-2-3-5-23(18)29-15-17-7-9-20(25)10-8-17/h2-13H,15H2,1H3,(H,27,28)/b19-13-. The summed E-state index contributed by atoms with van der Waals surface area (Å²) >= 11 is 3.44. The lowest BCUT2D eigenvalue weighted by Crippen LogP contribution is -1.97. The molecular formula is C24H18BrN3O. The van der Waals surface area contributed by atoms with E-state index in [1.54, 1.807) is 0 Å². The van der Waals surface area contributed by atoms with E-state index >= 15 is 0 Å². The molecule has 0 saturated heterocycles. The summed E-state index contributed by atoms with van der Waals surface area (Å²) in [6.07, 6.45) is 1.81. The van der Waals surface area contributed by atoms with E-state index in [0.717, 1.165) is 37.9 Å². The third-order valence-electron chi connectivity index (χ3n) is 4.54. The second-order valence-corrected chi connectivity index (χ2v) is 7.64. The number of H-pyrrole nitrogens is 1. The molecular weight excluding hydrogens is 426 g/mol. The molecule has 0 aliphatic heterocycles. The minimum atomic E-state index is 0.448. The Kier molecular flexibility index (Phi) is 5.46. The van der Waals surface area contributed by atoms with Crippen LogP contribution < -0.4 is 4.74 Å². The van der Waals surface area contributed by atoms with Crippen LogP contribution in [-0.4, -0.2) is 9.97 Å². The number of hydrogen-bond acceptors (Lipinski definition) is 3. The second kappa shape index (κ2) is 8.34. The van der Waals surface area contributed by atoms with E-state index < -0.39 is 0 Å². The first-order valence-corrected chi connectivity index (χ1v) is 9.96. The number of hydrogen-bond donors (Lipinski definition) is 1. The van der Waals surface area contributed by atoms with Crippen LogP contribution in [0.25, 0.3) is 22.7 Å². The third-order valence-corrected chi connectivity index (χ3v) is 5.07. The molecule has 0 atom stereocenters. The Labute approximate surface area is 177 Å². The van der Waals surface area contributed by atoms with E-state index in [9.17, 15) is 5.26 Å². The van der Waals surface area contributed by atoms with Gasteiger partial charge in [0.25, 0.3) is 0 Å². The molecule has 0 aliphatic rings. The number of aromatic amines is 1. The Balaban J connectivity index is 1.63. The van der Waals surface area contributed by atoms with Gasteiger partial charge in [-0.25, -0.2) is 4.98 Å². The Hall–Kier alpha value is -3.36. The maximum absolute atomic E-state index is 9.72. The molecule has 0 aliphatic carbocycles. The zero-order valence-electron chi connectivity index (χ0n) is 15.8. The van der Waals surface area contributed by atoms with E-state index in [1.807, 2.05) is 79.7 Å². The number of nitriles is 1. The summed E-state index contributed by atoms with van der Waals surface area (Å²) in [5.74, 6) is 1.27. The fourth-order valence-electron chi connectivity index (χ4n) is 3.03. The van der Waals surface area contributed by atoms with Gasteiger partial charge in [0.15, 0.2) is 0 Å². The van der Waals surface area contributed by atoms with Crippen LogP contribution >= 0.6 is 15.9 Å². The maximum atomic E-state index is 9.72. The van der Waals surface area contributed by atoms with Gasteiger partial charge in [0.05, 0.1) is 16.6 Å². The summed E-state index contributed by atoms with van der Waals surface area (Å²) in [4.78, 5) is 7.80. The van der Waals surface area contributed by atoms with Gasteiger partial charge in [0.1, 0.15) is 24.3 Å². The number of fused-ring (bicyclic) bond motifs is 1. The topological polar surface area (TPSA) is 61.7 Å². The van der Waals surface area contributed by atoms with Crippen molar-refractivity contribution in [3.8, 4) is 11.8 Å². The van der Waals surface area contributed by atoms with E-state index in [0.29, 0.717) is 18.0 Å². The van der Waals surface area contributed by atoms with Crippen molar-refractivity contribution < 1.29 is 4.74 Å². The first kappa shape index (κ1) is 19.0. The largest absolute Gasteiger partial charge is 0.488 e. The molecule has 0 amide bonds. The number of ether oxygens (including phenoxy) is 1. The molecule has 0 fully saturated rings. The zero-order valence-corrected chi connectivity index (χ0v) is 17.4. The van der Waals surface area contributed by atoms with Crippen LogP contribution in [0.1, 0.15) is 22.5 Å². The van der Waals surface area contributed by atoms with Gasteiger partial charge >= 0.3 is 0 Å². The molecule has 0 saturated carbocycles. The first-order valence-electron chi connectivity index (χ1n) is 9.17. The van der Waals surface area contributed by atoms with Crippen LogP contribution in [-0.2, 0) is 6.61 Å². The summed E-state index contributed by atoms with van der Waals surface area (Å²) < 4.78 is 7.05. The fraction of sp³-hybridized carbons (Fsp3) is 0.0833. The van der Waals surface area contributed by atoms with Crippen molar-refractivity contribution in [3.05, 3.63) is 93.7 Å². The normalized spacial score (nSPS) is 11.4. The number of aromatic nitrogens is 2. The molecule has 1 heterocycles. The Morgan fingerprint density at radius 1 is 1.14 bits per heavy atom. The van der Waals surface area contributed by atoms with Gasteiger partial charge in [-0.2, -0.15) is 5.26 Å². The van der Waals surface area contributed by atoms with Crippen LogP contribution in [0.15, 0.2) is 71.2 Å². The molecule has 0 radical (unpaired) electrons. The number of halogens is 1. The molecule has 4 aromatic rings. The molecule has 4 nitrogen and oxygen atoms in total. The lowest BCUT2D eigenvalue weighted by Gasteiger charge is -2.09. The van der Waals surface area contributed by atoms with Crippen LogP contribution in [0.5, 0.6) is 5.75 Å². The van der Waals surface area contributed by atoms with Gasteiger partial charge in [-0.1, -0.05) is 52.3 Å². The number of para-hydroxylation sites is 1. The SMILES string of the molecule is Cc1ccc2nc(/C(C#N)=C\c3ccccc3OCc3ccc(Br)cc3)[nH]c2c1. The van der Waals surface area contributed by atoms with Gasteiger partial charge in [-0.15, -0.1) is 0 Å². The minimum absolute atomic E-state index is 0.448. The fourth-order valence-corrected chi connectivity index (χ4v) is 3.30. The molecule has 0 unspecified atom stereocenters. The quantitative estimate of drug-likeness (QED) is 0.369. The van der Waals surface area contributed by atoms with E-state index in [1.165, 1.54) is 0 Å². The zero-order chi connectivity index (χ0) is 20.2. The van der Waals surface area contributed by atoms with Crippen molar-refractivity contribution in [1.82, 2.24) is 9.97 Å². The second-order valence-electron chi connectivity index (χ2n) is 6.73. The minimum Gasteiger partial charge on any atom is -0.488 e. The monoisotopic (exact) mass is 443 g/mol. The Morgan fingerprint density at radius 2 is 1.93 bits per heavy atom. The number of nitrogens with one attached hydrogen (secondary N) is 1. The van der Waals surface area contributed by atoms with Crippen molar-refractivity contribution in [1.29, 1.82) is 5.26 Å².